The molecule has 0 saturated heterocycles. The van der Waals surface area contributed by atoms with E-state index in [9.17, 15) is 0 Å². The monoisotopic (exact) mass is 328 g/mol. The summed E-state index contributed by atoms with van der Waals surface area (Å²) >= 11 is 12.0. The Kier molecular flexibility index (Phi) is 7.81. The smallest absolute Gasteiger partial charge is 0.134 e. The van der Waals surface area contributed by atoms with Crippen LogP contribution < -0.4 is 0 Å². The minimum atomic E-state index is 0.150. The first-order chi connectivity index (χ1) is 6.13. The molecule has 0 aliphatic carbocycles. The molecule has 4 heteroatoms. The first-order valence-corrected chi connectivity index (χ1v) is 6.31. The lowest BCUT2D eigenvalue weighted by molar-refractivity contribution is 0.475. The summed E-state index contributed by atoms with van der Waals surface area (Å²) in [5.41, 5.74) is 0.900. The van der Waals surface area contributed by atoms with Crippen LogP contribution in [0.4, 0.5) is 0 Å². The van der Waals surface area contributed by atoms with Gasteiger partial charge in [-0.05, 0) is 18.6 Å². The Hall–Kier alpha value is 0.270. The molecule has 0 fully saturated rings. The van der Waals surface area contributed by atoms with Gasteiger partial charge >= 0.3 is 0 Å². The van der Waals surface area contributed by atoms with Crippen LogP contribution in [-0.2, 0) is 0 Å². The highest BCUT2D eigenvalue weighted by Gasteiger charge is 1.97. The summed E-state index contributed by atoms with van der Waals surface area (Å²) in [6.07, 6.45) is 0. The summed E-state index contributed by atoms with van der Waals surface area (Å²) in [6, 6.07) is 5.17. The Labute approximate surface area is 100 Å². The number of hydrogen-bond donors (Lipinski definition) is 1. The third-order valence-corrected chi connectivity index (χ3v) is 3.59. The van der Waals surface area contributed by atoms with Crippen molar-refractivity contribution in [3.8, 4) is 5.75 Å². The van der Waals surface area contributed by atoms with Gasteiger partial charge in [-0.3, -0.25) is 0 Å². The molecular weight excluding hydrogens is 319 g/mol. The van der Waals surface area contributed by atoms with E-state index in [1.807, 2.05) is 13.0 Å². The van der Waals surface area contributed by atoms with Crippen LogP contribution in [0.15, 0.2) is 18.2 Å². The maximum absolute atomic E-state index is 8.97. The Morgan fingerprint density at radius 3 is 2.15 bits per heavy atom. The third kappa shape index (κ3) is 5.55. The van der Waals surface area contributed by atoms with Gasteiger partial charge in [-0.2, -0.15) is 0 Å². The maximum atomic E-state index is 8.97. The van der Waals surface area contributed by atoms with E-state index in [1.165, 1.54) is 0 Å². The van der Waals surface area contributed by atoms with Gasteiger partial charge in [0.15, 0.2) is 0 Å². The molecule has 13 heavy (non-hydrogen) atoms. The van der Waals surface area contributed by atoms with E-state index in [-0.39, 0.29) is 5.75 Å². The van der Waals surface area contributed by atoms with Crippen LogP contribution in [-0.4, -0.2) is 15.8 Å². The lowest BCUT2D eigenvalue weighted by atomic mass is 10.2. The summed E-state index contributed by atoms with van der Waals surface area (Å²) in [6.45, 7) is 1.85. The normalized spacial score (nSPS) is 8.92. The first kappa shape index (κ1) is 13.3. The molecule has 0 aliphatic heterocycles. The van der Waals surface area contributed by atoms with Crippen molar-refractivity contribution in [3.05, 3.63) is 28.8 Å². The van der Waals surface area contributed by atoms with Gasteiger partial charge in [-0.15, -0.1) is 0 Å². The molecule has 0 unspecified atom stereocenters. The van der Waals surface area contributed by atoms with Crippen molar-refractivity contribution in [2.75, 3.05) is 10.7 Å². The molecule has 1 aromatic rings. The lowest BCUT2D eigenvalue weighted by Crippen LogP contribution is -1.72. The van der Waals surface area contributed by atoms with Crippen LogP contribution in [0.1, 0.15) is 5.56 Å². The van der Waals surface area contributed by atoms with E-state index < -0.39 is 0 Å². The average Bonchev–Trinajstić information content (AvgIpc) is 2.14. The molecule has 0 bridgehead atoms. The highest BCUT2D eigenvalue weighted by molar-refractivity contribution is 9.11. The third-order valence-electron chi connectivity index (χ3n) is 1.24. The number of halogens is 3. The summed E-state index contributed by atoms with van der Waals surface area (Å²) in [5, 5.41) is 11.5. The number of benzene rings is 1. The zero-order valence-electron chi connectivity index (χ0n) is 7.23. The zero-order chi connectivity index (χ0) is 10.3. The molecule has 0 heterocycles. The van der Waals surface area contributed by atoms with Crippen molar-refractivity contribution in [1.29, 1.82) is 0 Å². The minimum absolute atomic E-state index is 0.150. The van der Waals surface area contributed by atoms with Crippen LogP contribution in [0.25, 0.3) is 0 Å². The van der Waals surface area contributed by atoms with Gasteiger partial charge in [0.05, 0.1) is 5.02 Å². The van der Waals surface area contributed by atoms with Crippen molar-refractivity contribution < 1.29 is 5.11 Å². The summed E-state index contributed by atoms with van der Waals surface area (Å²) in [7, 11) is 0. The number of rotatable bonds is 1. The fraction of sp³-hybridized carbons (Fsp3) is 0.333. The van der Waals surface area contributed by atoms with Gasteiger partial charge in [-0.1, -0.05) is 55.6 Å². The molecule has 0 saturated carbocycles. The Morgan fingerprint density at radius 1 is 1.31 bits per heavy atom. The van der Waals surface area contributed by atoms with Crippen molar-refractivity contribution in [2.45, 2.75) is 6.92 Å². The van der Waals surface area contributed by atoms with Crippen LogP contribution in [0, 0.1) is 6.92 Å². The topological polar surface area (TPSA) is 20.2 Å². The second-order valence-electron chi connectivity index (χ2n) is 2.29. The molecule has 0 aromatic heterocycles. The van der Waals surface area contributed by atoms with E-state index in [0.29, 0.717) is 5.02 Å². The molecule has 1 N–H and O–H groups in total. The summed E-state index contributed by atoms with van der Waals surface area (Å²) in [4.78, 5) is 0. The van der Waals surface area contributed by atoms with E-state index in [0.717, 1.165) is 16.2 Å². The molecule has 1 aromatic carbocycles. The Balaban J connectivity index is 0.000000310. The second kappa shape index (κ2) is 7.65. The second-order valence-corrected chi connectivity index (χ2v) is 4.25. The molecule has 0 amide bonds. The molecule has 1 rings (SSSR count). The molecule has 0 spiro atoms. The maximum Gasteiger partial charge on any atom is 0.134 e. The van der Waals surface area contributed by atoms with Crippen LogP contribution in [0.5, 0.6) is 5.75 Å². The fourth-order valence-electron chi connectivity index (χ4n) is 0.632. The molecule has 0 radical (unpaired) electrons. The Bertz CT molecular complexity index is 231. The van der Waals surface area contributed by atoms with E-state index in [4.69, 9.17) is 16.7 Å². The van der Waals surface area contributed by atoms with Crippen molar-refractivity contribution in [1.82, 2.24) is 0 Å². The number of alkyl halides is 2. The predicted octanol–water partition coefficient (Wildman–Crippen LogP) is 4.13. The summed E-state index contributed by atoms with van der Waals surface area (Å²) in [5.74, 6) is 0.150. The first-order valence-electron chi connectivity index (χ1n) is 3.69. The minimum Gasteiger partial charge on any atom is -0.506 e. The molecule has 0 atom stereocenters. The zero-order valence-corrected chi connectivity index (χ0v) is 11.2. The van der Waals surface area contributed by atoms with E-state index >= 15 is 0 Å². The number of phenols is 1. The van der Waals surface area contributed by atoms with Crippen LogP contribution in [0.2, 0.25) is 5.02 Å². The van der Waals surface area contributed by atoms with Crippen molar-refractivity contribution in [3.63, 3.8) is 0 Å². The lowest BCUT2D eigenvalue weighted by Gasteiger charge is -1.97. The van der Waals surface area contributed by atoms with Crippen molar-refractivity contribution >= 4 is 43.5 Å². The SMILES string of the molecule is BrCCBr.Cc1cccc(O)c1Cl. The average molecular weight is 330 g/mol. The largest absolute Gasteiger partial charge is 0.506 e. The van der Waals surface area contributed by atoms with E-state index in [2.05, 4.69) is 31.9 Å². The highest BCUT2D eigenvalue weighted by Crippen LogP contribution is 2.25. The summed E-state index contributed by atoms with van der Waals surface area (Å²) < 4.78 is 0. The number of phenolic OH excluding ortho intramolecular Hbond substituents is 1. The molecule has 0 aliphatic rings. The highest BCUT2D eigenvalue weighted by atomic mass is 79.9. The van der Waals surface area contributed by atoms with Gasteiger partial charge < -0.3 is 5.11 Å². The number of hydrogen-bond acceptors (Lipinski definition) is 1. The van der Waals surface area contributed by atoms with E-state index in [1.54, 1.807) is 12.1 Å². The van der Waals surface area contributed by atoms with Gasteiger partial charge in [0, 0.05) is 10.7 Å². The fourth-order valence-corrected chi connectivity index (χ4v) is 0.758. The molecule has 74 valence electrons. The predicted molar refractivity (Wildman–Crippen MR) is 65.4 cm³/mol. The standard InChI is InChI=1S/C7H7ClO.C2H4Br2/c1-5-3-2-4-6(9)7(5)8;3-1-2-4/h2-4,9H,1H3;1-2H2. The molecule has 1 nitrogen and oxygen atoms in total. The quantitative estimate of drug-likeness (QED) is 0.768. The van der Waals surface area contributed by atoms with Crippen LogP contribution in [0.3, 0.4) is 0 Å². The van der Waals surface area contributed by atoms with Gasteiger partial charge in [0.25, 0.3) is 0 Å². The van der Waals surface area contributed by atoms with Gasteiger partial charge in [-0.25, -0.2) is 0 Å². The van der Waals surface area contributed by atoms with Crippen LogP contribution >= 0.6 is 43.5 Å². The number of aromatic hydroxyl groups is 1. The molecular formula is C9H11Br2ClO. The number of aryl methyl sites for hydroxylation is 1. The van der Waals surface area contributed by atoms with Crippen molar-refractivity contribution in [2.24, 2.45) is 0 Å². The Morgan fingerprint density at radius 2 is 1.85 bits per heavy atom. The van der Waals surface area contributed by atoms with Gasteiger partial charge in [0.2, 0.25) is 0 Å². The van der Waals surface area contributed by atoms with Gasteiger partial charge in [0.1, 0.15) is 5.75 Å².